The zero-order valence-corrected chi connectivity index (χ0v) is 17.3. The lowest BCUT2D eigenvalue weighted by Crippen LogP contribution is -2.46. The molecule has 1 fully saturated rings. The van der Waals surface area contributed by atoms with Crippen LogP contribution in [0, 0.1) is 5.92 Å². The van der Waals surface area contributed by atoms with Crippen LogP contribution < -0.4 is 10.1 Å². The van der Waals surface area contributed by atoms with E-state index in [1.165, 1.54) is 0 Å². The Morgan fingerprint density at radius 2 is 1.89 bits per heavy atom. The molecule has 1 saturated heterocycles. The number of methoxy groups -OCH3 is 1. The van der Waals surface area contributed by atoms with Crippen molar-refractivity contribution in [2.75, 3.05) is 46.6 Å². The normalized spacial score (nSPS) is 15.4. The first-order valence-electron chi connectivity index (χ1n) is 10.1. The summed E-state index contributed by atoms with van der Waals surface area (Å²) in [6.07, 6.45) is 1.60. The Bertz CT molecular complexity index is 611. The fraction of sp³-hybridized carbons (Fsp3) is 0.619. The summed E-state index contributed by atoms with van der Waals surface area (Å²) in [6.45, 7) is 8.49. The molecule has 1 aliphatic rings. The standard InChI is InChI=1S/C21H33N3O4/c1-4-22-21(24-12-10-18(11-13-24)20(25)27-5-2)23-16-17-6-8-19(9-7-17)28-15-14-26-3/h6-9,18H,4-5,10-16H2,1-3H3,(H,22,23). The van der Waals surface area contributed by atoms with Gasteiger partial charge in [-0.2, -0.15) is 0 Å². The number of nitrogens with one attached hydrogen (secondary N) is 1. The lowest BCUT2D eigenvalue weighted by atomic mass is 9.97. The largest absolute Gasteiger partial charge is 0.491 e. The minimum atomic E-state index is -0.0723. The molecule has 0 bridgehead atoms. The monoisotopic (exact) mass is 391 g/mol. The lowest BCUT2D eigenvalue weighted by molar-refractivity contribution is -0.149. The van der Waals surface area contributed by atoms with Crippen molar-refractivity contribution < 1.29 is 19.0 Å². The number of piperidine rings is 1. The van der Waals surface area contributed by atoms with Gasteiger partial charge in [-0.1, -0.05) is 12.1 Å². The van der Waals surface area contributed by atoms with Crippen molar-refractivity contribution in [2.45, 2.75) is 33.2 Å². The van der Waals surface area contributed by atoms with E-state index in [2.05, 4.69) is 17.1 Å². The van der Waals surface area contributed by atoms with E-state index in [4.69, 9.17) is 19.2 Å². The van der Waals surface area contributed by atoms with Crippen molar-refractivity contribution in [3.63, 3.8) is 0 Å². The number of carbonyl (C=O) groups excluding carboxylic acids is 1. The quantitative estimate of drug-likeness (QED) is 0.302. The number of guanidine groups is 1. The third-order valence-corrected chi connectivity index (χ3v) is 4.64. The lowest BCUT2D eigenvalue weighted by Gasteiger charge is -2.33. The molecular weight excluding hydrogens is 358 g/mol. The maximum atomic E-state index is 11.9. The van der Waals surface area contributed by atoms with Gasteiger partial charge >= 0.3 is 5.97 Å². The van der Waals surface area contributed by atoms with E-state index < -0.39 is 0 Å². The average Bonchev–Trinajstić information content (AvgIpc) is 2.72. The number of benzene rings is 1. The minimum absolute atomic E-state index is 0.00438. The number of carbonyl (C=O) groups is 1. The summed E-state index contributed by atoms with van der Waals surface area (Å²) in [7, 11) is 1.66. The summed E-state index contributed by atoms with van der Waals surface area (Å²) in [6, 6.07) is 7.97. The topological polar surface area (TPSA) is 72.4 Å². The fourth-order valence-electron chi connectivity index (χ4n) is 3.11. The van der Waals surface area contributed by atoms with E-state index in [9.17, 15) is 4.79 Å². The number of ether oxygens (including phenoxy) is 3. The summed E-state index contributed by atoms with van der Waals surface area (Å²) in [5.74, 6) is 1.66. The molecule has 156 valence electrons. The molecule has 0 aliphatic carbocycles. The number of likely N-dealkylation sites (tertiary alicyclic amines) is 1. The number of hydrogen-bond donors (Lipinski definition) is 1. The van der Waals surface area contributed by atoms with Crippen LogP contribution in [0.15, 0.2) is 29.3 Å². The van der Waals surface area contributed by atoms with Crippen LogP contribution in [0.25, 0.3) is 0 Å². The zero-order valence-electron chi connectivity index (χ0n) is 17.3. The van der Waals surface area contributed by atoms with Crippen LogP contribution >= 0.6 is 0 Å². The molecule has 2 rings (SSSR count). The van der Waals surface area contributed by atoms with Crippen LogP contribution in [0.3, 0.4) is 0 Å². The second-order valence-corrected chi connectivity index (χ2v) is 6.67. The smallest absolute Gasteiger partial charge is 0.309 e. The van der Waals surface area contributed by atoms with Gasteiger partial charge in [0.05, 0.1) is 25.7 Å². The predicted molar refractivity (Wildman–Crippen MR) is 110 cm³/mol. The molecule has 0 spiro atoms. The van der Waals surface area contributed by atoms with Gasteiger partial charge in [0.25, 0.3) is 0 Å². The van der Waals surface area contributed by atoms with Gasteiger partial charge in [0.15, 0.2) is 5.96 Å². The third kappa shape index (κ3) is 7.03. The van der Waals surface area contributed by atoms with Gasteiger partial charge in [-0.05, 0) is 44.4 Å². The Morgan fingerprint density at radius 1 is 1.18 bits per heavy atom. The summed E-state index contributed by atoms with van der Waals surface area (Å²) in [5, 5.41) is 3.36. The second-order valence-electron chi connectivity index (χ2n) is 6.67. The first-order chi connectivity index (χ1) is 13.7. The van der Waals surface area contributed by atoms with E-state index in [1.54, 1.807) is 7.11 Å². The summed E-state index contributed by atoms with van der Waals surface area (Å²) in [5.41, 5.74) is 1.12. The van der Waals surface area contributed by atoms with Crippen molar-refractivity contribution in [3.05, 3.63) is 29.8 Å². The SMILES string of the molecule is CCNC(=NCc1ccc(OCCOC)cc1)N1CCC(C(=O)OCC)CC1. The van der Waals surface area contributed by atoms with Gasteiger partial charge in [0.1, 0.15) is 12.4 Å². The molecule has 0 atom stereocenters. The molecule has 7 nitrogen and oxygen atoms in total. The van der Waals surface area contributed by atoms with Crippen molar-refractivity contribution in [1.82, 2.24) is 10.2 Å². The van der Waals surface area contributed by atoms with E-state index in [-0.39, 0.29) is 11.9 Å². The van der Waals surface area contributed by atoms with E-state index in [0.29, 0.717) is 26.4 Å². The molecule has 1 heterocycles. The van der Waals surface area contributed by atoms with Crippen LogP contribution in [0.5, 0.6) is 5.75 Å². The molecule has 7 heteroatoms. The highest BCUT2D eigenvalue weighted by molar-refractivity contribution is 5.80. The number of hydrogen-bond acceptors (Lipinski definition) is 5. The highest BCUT2D eigenvalue weighted by atomic mass is 16.5. The molecule has 0 amide bonds. The van der Waals surface area contributed by atoms with Crippen molar-refractivity contribution >= 4 is 11.9 Å². The van der Waals surface area contributed by atoms with Gasteiger partial charge in [-0.3, -0.25) is 4.79 Å². The first kappa shape index (κ1) is 22.0. The maximum Gasteiger partial charge on any atom is 0.309 e. The highest BCUT2D eigenvalue weighted by Crippen LogP contribution is 2.19. The number of nitrogens with zero attached hydrogens (tertiary/aromatic N) is 2. The Hall–Kier alpha value is -2.28. The third-order valence-electron chi connectivity index (χ3n) is 4.64. The molecule has 28 heavy (non-hydrogen) atoms. The molecule has 0 saturated carbocycles. The zero-order chi connectivity index (χ0) is 20.2. The van der Waals surface area contributed by atoms with Gasteiger partial charge < -0.3 is 24.4 Å². The maximum absolute atomic E-state index is 11.9. The minimum Gasteiger partial charge on any atom is -0.491 e. The van der Waals surface area contributed by atoms with Crippen LogP contribution in [-0.4, -0.2) is 63.4 Å². The van der Waals surface area contributed by atoms with Crippen LogP contribution in [0.4, 0.5) is 0 Å². The highest BCUT2D eigenvalue weighted by Gasteiger charge is 2.27. The molecule has 1 aliphatic heterocycles. The second kappa shape index (κ2) is 12.2. The molecule has 1 aromatic rings. The van der Waals surface area contributed by atoms with Crippen LogP contribution in [0.2, 0.25) is 0 Å². The van der Waals surface area contributed by atoms with Gasteiger partial charge in [0.2, 0.25) is 0 Å². The van der Waals surface area contributed by atoms with Crippen molar-refractivity contribution in [1.29, 1.82) is 0 Å². The number of aliphatic imine (C=N–C) groups is 1. The number of rotatable bonds is 9. The molecule has 1 N–H and O–H groups in total. The van der Waals surface area contributed by atoms with E-state index in [0.717, 1.165) is 49.7 Å². The summed E-state index contributed by atoms with van der Waals surface area (Å²) < 4.78 is 15.7. The van der Waals surface area contributed by atoms with Gasteiger partial charge in [0, 0.05) is 26.7 Å². The summed E-state index contributed by atoms with van der Waals surface area (Å²) in [4.78, 5) is 18.9. The fourth-order valence-corrected chi connectivity index (χ4v) is 3.11. The molecular formula is C21H33N3O4. The average molecular weight is 392 g/mol. The van der Waals surface area contributed by atoms with E-state index in [1.807, 2.05) is 31.2 Å². The summed E-state index contributed by atoms with van der Waals surface area (Å²) >= 11 is 0. The molecule has 1 aromatic carbocycles. The number of esters is 1. The van der Waals surface area contributed by atoms with Crippen molar-refractivity contribution in [3.8, 4) is 5.75 Å². The molecule has 0 radical (unpaired) electrons. The van der Waals surface area contributed by atoms with Crippen LogP contribution in [-0.2, 0) is 20.8 Å². The Morgan fingerprint density at radius 3 is 2.50 bits per heavy atom. The Kier molecular flexibility index (Phi) is 9.62. The Balaban J connectivity index is 1.89. The van der Waals surface area contributed by atoms with Gasteiger partial charge in [-0.25, -0.2) is 4.99 Å². The Labute approximate surface area is 168 Å². The first-order valence-corrected chi connectivity index (χ1v) is 10.1. The molecule has 0 unspecified atom stereocenters. The predicted octanol–water partition coefficient (Wildman–Crippen LogP) is 2.45. The van der Waals surface area contributed by atoms with E-state index >= 15 is 0 Å². The van der Waals surface area contributed by atoms with Crippen molar-refractivity contribution in [2.24, 2.45) is 10.9 Å². The van der Waals surface area contributed by atoms with Gasteiger partial charge in [-0.15, -0.1) is 0 Å². The molecule has 0 aromatic heterocycles. The van der Waals surface area contributed by atoms with Crippen LogP contribution in [0.1, 0.15) is 32.3 Å².